The van der Waals surface area contributed by atoms with Crippen molar-refractivity contribution in [2.45, 2.75) is 46.7 Å². The number of piperazine rings is 1. The first-order valence-corrected chi connectivity index (χ1v) is 8.31. The lowest BCUT2D eigenvalue weighted by molar-refractivity contribution is 0.199. The molecule has 2 heterocycles. The molecule has 4 nitrogen and oxygen atoms in total. The Morgan fingerprint density at radius 1 is 1.29 bits per heavy atom. The van der Waals surface area contributed by atoms with Gasteiger partial charge < -0.3 is 10.2 Å². The summed E-state index contributed by atoms with van der Waals surface area (Å²) in [5, 5.41) is 3.48. The maximum atomic E-state index is 4.75. The summed E-state index contributed by atoms with van der Waals surface area (Å²) in [6.07, 6.45) is 1.17. The second-order valence-corrected chi connectivity index (χ2v) is 6.08. The number of likely N-dealkylation sites (N-methyl/N-ethyl adjacent to an activating group) is 1. The van der Waals surface area contributed by atoms with E-state index < -0.39 is 0 Å². The largest absolute Gasteiger partial charge is 0.354 e. The lowest BCUT2D eigenvalue weighted by Gasteiger charge is -2.40. The molecule has 0 amide bonds. The van der Waals surface area contributed by atoms with Crippen molar-refractivity contribution in [1.82, 2.24) is 15.2 Å². The number of aromatic nitrogens is 1. The smallest absolute Gasteiger partial charge is 0.129 e. The van der Waals surface area contributed by atoms with E-state index in [1.807, 2.05) is 0 Å². The number of pyridine rings is 1. The molecule has 1 aromatic rings. The van der Waals surface area contributed by atoms with Gasteiger partial charge in [-0.25, -0.2) is 4.98 Å². The SMILES string of the molecule is CCCNCc1cc(C)nc(N2CCN(CC)C(C)C2)c1. The van der Waals surface area contributed by atoms with Gasteiger partial charge in [-0.1, -0.05) is 13.8 Å². The highest BCUT2D eigenvalue weighted by Crippen LogP contribution is 2.19. The van der Waals surface area contributed by atoms with Gasteiger partial charge >= 0.3 is 0 Å². The summed E-state index contributed by atoms with van der Waals surface area (Å²) in [6.45, 7) is 15.3. The Labute approximate surface area is 129 Å². The van der Waals surface area contributed by atoms with E-state index in [9.17, 15) is 0 Å². The van der Waals surface area contributed by atoms with Crippen LogP contribution in [0.2, 0.25) is 0 Å². The Hall–Kier alpha value is -1.13. The van der Waals surface area contributed by atoms with Crippen LogP contribution in [-0.4, -0.2) is 48.6 Å². The summed E-state index contributed by atoms with van der Waals surface area (Å²) in [5.41, 5.74) is 2.46. The topological polar surface area (TPSA) is 31.4 Å². The fraction of sp³-hybridized carbons (Fsp3) is 0.706. The summed E-state index contributed by atoms with van der Waals surface area (Å²) in [4.78, 5) is 9.73. The third kappa shape index (κ3) is 4.42. The van der Waals surface area contributed by atoms with E-state index in [1.54, 1.807) is 0 Å². The Bertz CT molecular complexity index is 446. The number of nitrogens with one attached hydrogen (secondary N) is 1. The van der Waals surface area contributed by atoms with E-state index >= 15 is 0 Å². The Kier molecular flexibility index (Phi) is 6.00. The lowest BCUT2D eigenvalue weighted by Crippen LogP contribution is -2.52. The molecule has 2 rings (SSSR count). The fourth-order valence-corrected chi connectivity index (χ4v) is 3.07. The standard InChI is InChI=1S/C17H30N4/c1-5-7-18-12-16-10-14(3)19-17(11-16)21-9-8-20(6-2)15(4)13-21/h10-11,15,18H,5-9,12-13H2,1-4H3. The number of hydrogen-bond donors (Lipinski definition) is 1. The average molecular weight is 290 g/mol. The second-order valence-electron chi connectivity index (χ2n) is 6.08. The van der Waals surface area contributed by atoms with E-state index in [-0.39, 0.29) is 0 Å². The van der Waals surface area contributed by atoms with Crippen molar-refractivity contribution in [3.8, 4) is 0 Å². The molecule has 1 atom stereocenters. The summed E-state index contributed by atoms with van der Waals surface area (Å²) >= 11 is 0. The quantitative estimate of drug-likeness (QED) is 0.815. The molecule has 0 saturated carbocycles. The van der Waals surface area contributed by atoms with E-state index in [1.165, 1.54) is 12.0 Å². The van der Waals surface area contributed by atoms with E-state index in [2.05, 4.69) is 54.9 Å². The Morgan fingerprint density at radius 3 is 2.76 bits per heavy atom. The Morgan fingerprint density at radius 2 is 2.10 bits per heavy atom. The average Bonchev–Trinajstić information content (AvgIpc) is 2.47. The summed E-state index contributed by atoms with van der Waals surface area (Å²) in [6, 6.07) is 5.05. The zero-order valence-electron chi connectivity index (χ0n) is 14.0. The number of rotatable bonds is 6. The number of nitrogens with zero attached hydrogens (tertiary/aromatic N) is 3. The number of aryl methyl sites for hydroxylation is 1. The second kappa shape index (κ2) is 7.76. The van der Waals surface area contributed by atoms with Gasteiger partial charge in [0.1, 0.15) is 5.82 Å². The lowest BCUT2D eigenvalue weighted by atomic mass is 10.1. The van der Waals surface area contributed by atoms with Gasteiger partial charge in [0, 0.05) is 37.9 Å². The molecular weight excluding hydrogens is 260 g/mol. The van der Waals surface area contributed by atoms with Crippen LogP contribution in [0.1, 0.15) is 38.4 Å². The molecule has 1 aliphatic rings. The fourth-order valence-electron chi connectivity index (χ4n) is 3.07. The van der Waals surface area contributed by atoms with Crippen molar-refractivity contribution in [2.75, 3.05) is 37.6 Å². The van der Waals surface area contributed by atoms with E-state index in [0.717, 1.165) is 50.8 Å². The van der Waals surface area contributed by atoms with Gasteiger partial charge in [0.2, 0.25) is 0 Å². The molecular formula is C17H30N4. The molecule has 1 N–H and O–H groups in total. The van der Waals surface area contributed by atoms with E-state index in [4.69, 9.17) is 4.98 Å². The molecule has 0 bridgehead atoms. The molecule has 0 radical (unpaired) electrons. The first-order chi connectivity index (χ1) is 10.1. The number of hydrogen-bond acceptors (Lipinski definition) is 4. The molecule has 0 spiro atoms. The highest BCUT2D eigenvalue weighted by Gasteiger charge is 2.23. The van der Waals surface area contributed by atoms with Gasteiger partial charge in [-0.3, -0.25) is 4.90 Å². The van der Waals surface area contributed by atoms with Gasteiger partial charge in [0.05, 0.1) is 0 Å². The molecule has 21 heavy (non-hydrogen) atoms. The molecule has 0 aromatic carbocycles. The van der Waals surface area contributed by atoms with Crippen LogP contribution in [0.15, 0.2) is 12.1 Å². The third-order valence-electron chi connectivity index (χ3n) is 4.25. The maximum Gasteiger partial charge on any atom is 0.129 e. The van der Waals surface area contributed by atoms with Crippen molar-refractivity contribution >= 4 is 5.82 Å². The van der Waals surface area contributed by atoms with Gasteiger partial charge in [-0.05, 0) is 51.1 Å². The molecule has 1 saturated heterocycles. The zero-order chi connectivity index (χ0) is 15.2. The van der Waals surface area contributed by atoms with Crippen molar-refractivity contribution in [3.63, 3.8) is 0 Å². The zero-order valence-corrected chi connectivity index (χ0v) is 14.0. The molecule has 1 aliphatic heterocycles. The van der Waals surface area contributed by atoms with Gasteiger partial charge in [0.15, 0.2) is 0 Å². The van der Waals surface area contributed by atoms with Gasteiger partial charge in [-0.15, -0.1) is 0 Å². The predicted molar refractivity (Wildman–Crippen MR) is 89.9 cm³/mol. The summed E-state index contributed by atoms with van der Waals surface area (Å²) in [7, 11) is 0. The van der Waals surface area contributed by atoms with Crippen LogP contribution >= 0.6 is 0 Å². The first kappa shape index (κ1) is 16.2. The van der Waals surface area contributed by atoms with Crippen LogP contribution in [0, 0.1) is 6.92 Å². The maximum absolute atomic E-state index is 4.75. The third-order valence-corrected chi connectivity index (χ3v) is 4.25. The Balaban J connectivity index is 2.05. The number of anilines is 1. The van der Waals surface area contributed by atoms with Gasteiger partial charge in [-0.2, -0.15) is 0 Å². The summed E-state index contributed by atoms with van der Waals surface area (Å²) < 4.78 is 0. The van der Waals surface area contributed by atoms with Crippen molar-refractivity contribution in [2.24, 2.45) is 0 Å². The van der Waals surface area contributed by atoms with Crippen LogP contribution in [0.3, 0.4) is 0 Å². The van der Waals surface area contributed by atoms with Crippen LogP contribution < -0.4 is 10.2 Å². The highest BCUT2D eigenvalue weighted by atomic mass is 15.3. The minimum Gasteiger partial charge on any atom is -0.354 e. The molecule has 1 unspecified atom stereocenters. The monoisotopic (exact) mass is 290 g/mol. The molecule has 1 fully saturated rings. The molecule has 118 valence electrons. The molecule has 1 aromatic heterocycles. The summed E-state index contributed by atoms with van der Waals surface area (Å²) in [5.74, 6) is 1.14. The van der Waals surface area contributed by atoms with Crippen LogP contribution in [0.25, 0.3) is 0 Å². The van der Waals surface area contributed by atoms with Crippen molar-refractivity contribution in [1.29, 1.82) is 0 Å². The minimum atomic E-state index is 0.604. The van der Waals surface area contributed by atoms with E-state index in [0.29, 0.717) is 6.04 Å². The predicted octanol–water partition coefficient (Wildman–Crippen LogP) is 2.42. The van der Waals surface area contributed by atoms with Crippen molar-refractivity contribution in [3.05, 3.63) is 23.4 Å². The molecule has 0 aliphatic carbocycles. The molecule has 4 heteroatoms. The van der Waals surface area contributed by atoms with Crippen LogP contribution in [0.4, 0.5) is 5.82 Å². The van der Waals surface area contributed by atoms with Crippen LogP contribution in [-0.2, 0) is 6.54 Å². The van der Waals surface area contributed by atoms with Crippen LogP contribution in [0.5, 0.6) is 0 Å². The highest BCUT2D eigenvalue weighted by molar-refractivity contribution is 5.43. The first-order valence-electron chi connectivity index (χ1n) is 8.31. The minimum absolute atomic E-state index is 0.604. The normalized spacial score (nSPS) is 20.0. The van der Waals surface area contributed by atoms with Crippen molar-refractivity contribution < 1.29 is 0 Å². The van der Waals surface area contributed by atoms with Gasteiger partial charge in [0.25, 0.3) is 0 Å².